The van der Waals surface area contributed by atoms with Crippen LogP contribution in [0.2, 0.25) is 5.02 Å². The van der Waals surface area contributed by atoms with Gasteiger partial charge in [0.1, 0.15) is 11.3 Å². The monoisotopic (exact) mass is 378 g/mol. The molecule has 0 aliphatic carbocycles. The van der Waals surface area contributed by atoms with Gasteiger partial charge in [-0.05, 0) is 44.2 Å². The second-order valence-electron chi connectivity index (χ2n) is 5.17. The molecule has 0 saturated heterocycles. The molecule has 8 heteroatoms. The molecule has 0 bridgehead atoms. The number of halogens is 1. The summed E-state index contributed by atoms with van der Waals surface area (Å²) in [5, 5.41) is 3.06. The van der Waals surface area contributed by atoms with Crippen LogP contribution in [0.1, 0.15) is 24.2 Å². The fourth-order valence-electron chi connectivity index (χ4n) is 2.09. The number of hydrogen-bond donors (Lipinski definition) is 1. The van der Waals surface area contributed by atoms with E-state index in [0.29, 0.717) is 23.1 Å². The number of ether oxygens (including phenoxy) is 3. The fraction of sp³-hybridized carbons (Fsp3) is 0.278. The SMILES string of the molecule is CCOc1ncccc1C(=O)O[C@H](C)C(=O)Nc1cc(Cl)ccc1OC. The normalized spacial score (nSPS) is 11.4. The third-order valence-electron chi connectivity index (χ3n) is 3.34. The first-order chi connectivity index (χ1) is 12.5. The van der Waals surface area contributed by atoms with Crippen LogP contribution in [0.15, 0.2) is 36.5 Å². The molecular weight excluding hydrogens is 360 g/mol. The molecule has 2 aromatic rings. The number of nitrogens with zero attached hydrogens (tertiary/aromatic N) is 1. The van der Waals surface area contributed by atoms with Crippen LogP contribution in [-0.2, 0) is 9.53 Å². The number of carbonyl (C=O) groups excluding carboxylic acids is 2. The van der Waals surface area contributed by atoms with E-state index >= 15 is 0 Å². The number of esters is 1. The average molecular weight is 379 g/mol. The number of anilines is 1. The van der Waals surface area contributed by atoms with Crippen LogP contribution >= 0.6 is 11.6 Å². The first-order valence-corrected chi connectivity index (χ1v) is 8.27. The van der Waals surface area contributed by atoms with Crippen LogP contribution in [0.5, 0.6) is 11.6 Å². The maximum atomic E-state index is 12.3. The highest BCUT2D eigenvalue weighted by Crippen LogP contribution is 2.28. The fourth-order valence-corrected chi connectivity index (χ4v) is 2.26. The molecule has 1 aromatic carbocycles. The minimum Gasteiger partial charge on any atom is -0.495 e. The summed E-state index contributed by atoms with van der Waals surface area (Å²) in [5.74, 6) is -0.640. The standard InChI is InChI=1S/C18H19ClN2O5/c1-4-25-17-13(6-5-9-20-17)18(23)26-11(2)16(22)21-14-10-12(19)7-8-15(14)24-3/h5-11H,4H2,1-3H3,(H,21,22)/t11-/m1/s1. The van der Waals surface area contributed by atoms with Crippen molar-refractivity contribution in [3.8, 4) is 11.6 Å². The number of nitrogens with one attached hydrogen (secondary N) is 1. The Kier molecular flexibility index (Phi) is 6.80. The van der Waals surface area contributed by atoms with Crippen LogP contribution in [0, 0.1) is 0 Å². The van der Waals surface area contributed by atoms with Crippen molar-refractivity contribution < 1.29 is 23.8 Å². The van der Waals surface area contributed by atoms with E-state index in [-0.39, 0.29) is 11.4 Å². The lowest BCUT2D eigenvalue weighted by molar-refractivity contribution is -0.123. The van der Waals surface area contributed by atoms with E-state index in [0.717, 1.165) is 0 Å². The van der Waals surface area contributed by atoms with Crippen molar-refractivity contribution in [3.05, 3.63) is 47.1 Å². The number of amides is 1. The molecule has 138 valence electrons. The summed E-state index contributed by atoms with van der Waals surface area (Å²) in [5.41, 5.74) is 0.526. The highest BCUT2D eigenvalue weighted by atomic mass is 35.5. The summed E-state index contributed by atoms with van der Waals surface area (Å²) in [6.07, 6.45) is 0.449. The summed E-state index contributed by atoms with van der Waals surface area (Å²) in [6.45, 7) is 3.58. The number of aromatic nitrogens is 1. The summed E-state index contributed by atoms with van der Waals surface area (Å²) in [4.78, 5) is 28.6. The third kappa shape index (κ3) is 4.86. The van der Waals surface area contributed by atoms with Crippen molar-refractivity contribution >= 4 is 29.2 Å². The zero-order valence-corrected chi connectivity index (χ0v) is 15.4. The van der Waals surface area contributed by atoms with Gasteiger partial charge >= 0.3 is 5.97 Å². The lowest BCUT2D eigenvalue weighted by atomic mass is 10.2. The van der Waals surface area contributed by atoms with Gasteiger partial charge < -0.3 is 19.5 Å². The Morgan fingerprint density at radius 1 is 1.31 bits per heavy atom. The van der Waals surface area contributed by atoms with Gasteiger partial charge in [0.15, 0.2) is 6.10 Å². The summed E-state index contributed by atoms with van der Waals surface area (Å²) >= 11 is 5.94. The molecule has 0 aliphatic heterocycles. The van der Waals surface area contributed by atoms with Gasteiger partial charge in [-0.2, -0.15) is 0 Å². The quantitative estimate of drug-likeness (QED) is 0.744. The lowest BCUT2D eigenvalue weighted by Crippen LogP contribution is -2.30. The molecule has 1 heterocycles. The summed E-state index contributed by atoms with van der Waals surface area (Å²) in [7, 11) is 1.47. The molecule has 0 unspecified atom stereocenters. The second kappa shape index (κ2) is 9.05. The van der Waals surface area contributed by atoms with Crippen molar-refractivity contribution in [3.63, 3.8) is 0 Å². The first kappa shape index (κ1) is 19.5. The Bertz CT molecular complexity index is 797. The molecule has 0 fully saturated rings. The van der Waals surface area contributed by atoms with E-state index in [2.05, 4.69) is 10.3 Å². The molecule has 0 aliphatic rings. The zero-order chi connectivity index (χ0) is 19.1. The molecule has 0 radical (unpaired) electrons. The van der Waals surface area contributed by atoms with E-state index in [1.807, 2.05) is 0 Å². The number of rotatable bonds is 7. The minimum atomic E-state index is -1.05. The smallest absolute Gasteiger partial charge is 0.344 e. The summed E-state index contributed by atoms with van der Waals surface area (Å²) < 4.78 is 15.7. The molecule has 26 heavy (non-hydrogen) atoms. The Labute approximate surface area is 156 Å². The first-order valence-electron chi connectivity index (χ1n) is 7.89. The van der Waals surface area contributed by atoms with Gasteiger partial charge in [0.2, 0.25) is 5.88 Å². The van der Waals surface area contributed by atoms with Gasteiger partial charge in [0.25, 0.3) is 5.91 Å². The van der Waals surface area contributed by atoms with Crippen molar-refractivity contribution in [1.29, 1.82) is 0 Å². The molecule has 1 aromatic heterocycles. The minimum absolute atomic E-state index is 0.148. The molecular formula is C18H19ClN2O5. The van der Waals surface area contributed by atoms with Crippen molar-refractivity contribution in [1.82, 2.24) is 4.98 Å². The van der Waals surface area contributed by atoms with Crippen LogP contribution in [0.3, 0.4) is 0 Å². The highest BCUT2D eigenvalue weighted by Gasteiger charge is 2.22. The van der Waals surface area contributed by atoms with Crippen LogP contribution in [0.25, 0.3) is 0 Å². The molecule has 1 amide bonds. The van der Waals surface area contributed by atoms with E-state index < -0.39 is 18.0 Å². The maximum absolute atomic E-state index is 12.3. The number of hydrogen-bond acceptors (Lipinski definition) is 6. The van der Waals surface area contributed by atoms with E-state index in [9.17, 15) is 9.59 Å². The third-order valence-corrected chi connectivity index (χ3v) is 3.58. The molecule has 0 saturated carbocycles. The molecule has 0 spiro atoms. The number of benzene rings is 1. The maximum Gasteiger partial charge on any atom is 0.344 e. The average Bonchev–Trinajstić information content (AvgIpc) is 2.62. The van der Waals surface area contributed by atoms with Gasteiger partial charge in [0.05, 0.1) is 19.4 Å². The van der Waals surface area contributed by atoms with Gasteiger partial charge in [-0.15, -0.1) is 0 Å². The van der Waals surface area contributed by atoms with E-state index in [1.54, 1.807) is 31.2 Å². The predicted octanol–water partition coefficient (Wildman–Crippen LogP) is 3.33. The van der Waals surface area contributed by atoms with E-state index in [1.165, 1.54) is 26.3 Å². The molecule has 7 nitrogen and oxygen atoms in total. The Morgan fingerprint density at radius 3 is 2.77 bits per heavy atom. The van der Waals surface area contributed by atoms with Crippen molar-refractivity contribution in [2.45, 2.75) is 20.0 Å². The van der Waals surface area contributed by atoms with Gasteiger partial charge in [0, 0.05) is 11.2 Å². The number of carbonyl (C=O) groups is 2. The van der Waals surface area contributed by atoms with E-state index in [4.69, 9.17) is 25.8 Å². The van der Waals surface area contributed by atoms with Crippen LogP contribution < -0.4 is 14.8 Å². The van der Waals surface area contributed by atoms with Gasteiger partial charge in [-0.3, -0.25) is 4.79 Å². The van der Waals surface area contributed by atoms with Crippen LogP contribution in [0.4, 0.5) is 5.69 Å². The number of pyridine rings is 1. The molecule has 2 rings (SSSR count). The Morgan fingerprint density at radius 2 is 2.08 bits per heavy atom. The molecule has 1 atom stereocenters. The summed E-state index contributed by atoms with van der Waals surface area (Å²) in [6, 6.07) is 7.91. The van der Waals surface area contributed by atoms with Crippen LogP contribution in [-0.4, -0.2) is 36.7 Å². The largest absolute Gasteiger partial charge is 0.495 e. The Hall–Kier alpha value is -2.80. The predicted molar refractivity (Wildman–Crippen MR) is 96.9 cm³/mol. The lowest BCUT2D eigenvalue weighted by Gasteiger charge is -2.16. The van der Waals surface area contributed by atoms with Gasteiger partial charge in [-0.1, -0.05) is 11.6 Å². The van der Waals surface area contributed by atoms with Crippen molar-refractivity contribution in [2.75, 3.05) is 19.0 Å². The second-order valence-corrected chi connectivity index (χ2v) is 5.61. The molecule has 1 N–H and O–H groups in total. The van der Waals surface area contributed by atoms with Crippen molar-refractivity contribution in [2.24, 2.45) is 0 Å². The number of methoxy groups -OCH3 is 1. The topological polar surface area (TPSA) is 86.8 Å². The zero-order valence-electron chi connectivity index (χ0n) is 14.6. The highest BCUT2D eigenvalue weighted by molar-refractivity contribution is 6.31. The van der Waals surface area contributed by atoms with Gasteiger partial charge in [-0.25, -0.2) is 9.78 Å². The Balaban J connectivity index is 2.08.